The van der Waals surface area contributed by atoms with Crippen LogP contribution in [0, 0.1) is 0 Å². The minimum absolute atomic E-state index is 0.0624. The van der Waals surface area contributed by atoms with Gasteiger partial charge in [0, 0.05) is 38.4 Å². The predicted octanol–water partition coefficient (Wildman–Crippen LogP) is 1.19. The molecule has 2 aliphatic rings. The maximum atomic E-state index is 12.8. The van der Waals surface area contributed by atoms with Gasteiger partial charge in [-0.25, -0.2) is 0 Å². The highest BCUT2D eigenvalue weighted by molar-refractivity contribution is 6.31. The summed E-state index contributed by atoms with van der Waals surface area (Å²) < 4.78 is 2.04. The second-order valence-corrected chi connectivity index (χ2v) is 6.27. The maximum Gasteiger partial charge on any atom is 0.270 e. The molecule has 1 atom stereocenters. The Morgan fingerprint density at radius 3 is 2.85 bits per heavy atom. The van der Waals surface area contributed by atoms with Gasteiger partial charge in [0.1, 0.15) is 5.69 Å². The van der Waals surface area contributed by atoms with Gasteiger partial charge >= 0.3 is 0 Å². The van der Waals surface area contributed by atoms with Crippen LogP contribution in [-0.4, -0.2) is 59.5 Å². The first-order valence-corrected chi connectivity index (χ1v) is 7.55. The number of rotatable bonds is 3. The van der Waals surface area contributed by atoms with Gasteiger partial charge in [-0.2, -0.15) is 0 Å². The van der Waals surface area contributed by atoms with Gasteiger partial charge in [-0.15, -0.1) is 0 Å². The number of hydrogen-bond acceptors (Lipinski definition) is 3. The van der Waals surface area contributed by atoms with Crippen LogP contribution in [-0.2, 0) is 0 Å². The summed E-state index contributed by atoms with van der Waals surface area (Å²) in [6, 6.07) is 2.32. The van der Waals surface area contributed by atoms with Crippen molar-refractivity contribution in [2.75, 3.05) is 33.2 Å². The van der Waals surface area contributed by atoms with E-state index in [2.05, 4.69) is 11.9 Å². The average molecular weight is 297 g/mol. The smallest absolute Gasteiger partial charge is 0.270 e. The lowest BCUT2D eigenvalue weighted by molar-refractivity contribution is 0.0505. The molecule has 1 aliphatic carbocycles. The van der Waals surface area contributed by atoms with Gasteiger partial charge in [0.25, 0.3) is 5.91 Å². The van der Waals surface area contributed by atoms with E-state index in [-0.39, 0.29) is 11.9 Å². The van der Waals surface area contributed by atoms with E-state index in [1.807, 2.05) is 15.7 Å². The predicted molar refractivity (Wildman–Crippen MR) is 79.1 cm³/mol. The first-order valence-electron chi connectivity index (χ1n) is 7.17. The fraction of sp³-hybridized carbons (Fsp3) is 0.643. The summed E-state index contributed by atoms with van der Waals surface area (Å²) in [5.74, 6) is 0.0624. The SMILES string of the molecule is CN1CCN(C(=O)c2cc(Cl)cn2C2CC2)C(CN)C1. The second-order valence-electron chi connectivity index (χ2n) is 5.83. The molecular formula is C14H21ClN4O. The highest BCUT2D eigenvalue weighted by atomic mass is 35.5. The van der Waals surface area contributed by atoms with Crippen molar-refractivity contribution in [3.8, 4) is 0 Å². The Kier molecular flexibility index (Phi) is 3.75. The third kappa shape index (κ3) is 2.57. The Hall–Kier alpha value is -1.04. The zero-order valence-electron chi connectivity index (χ0n) is 11.8. The van der Waals surface area contributed by atoms with Crippen LogP contribution in [0.1, 0.15) is 29.4 Å². The van der Waals surface area contributed by atoms with Gasteiger partial charge in [0.2, 0.25) is 0 Å². The quantitative estimate of drug-likeness (QED) is 0.912. The molecule has 1 aromatic rings. The number of carbonyl (C=O) groups is 1. The average Bonchev–Trinajstić information content (AvgIpc) is 3.20. The molecule has 110 valence electrons. The van der Waals surface area contributed by atoms with E-state index < -0.39 is 0 Å². The van der Waals surface area contributed by atoms with Gasteiger partial charge in [0.15, 0.2) is 0 Å². The third-order valence-electron chi connectivity index (χ3n) is 4.19. The van der Waals surface area contributed by atoms with E-state index in [9.17, 15) is 4.79 Å². The zero-order valence-corrected chi connectivity index (χ0v) is 12.5. The van der Waals surface area contributed by atoms with E-state index in [1.165, 1.54) is 0 Å². The van der Waals surface area contributed by atoms with Crippen molar-refractivity contribution >= 4 is 17.5 Å². The van der Waals surface area contributed by atoms with Crippen LogP contribution in [0.4, 0.5) is 0 Å². The Labute approximate surface area is 124 Å². The van der Waals surface area contributed by atoms with E-state index in [1.54, 1.807) is 6.07 Å². The van der Waals surface area contributed by atoms with Crippen LogP contribution >= 0.6 is 11.6 Å². The van der Waals surface area contributed by atoms with Crippen LogP contribution in [0.5, 0.6) is 0 Å². The van der Waals surface area contributed by atoms with Crippen molar-refractivity contribution in [1.82, 2.24) is 14.4 Å². The molecule has 5 nitrogen and oxygen atoms in total. The van der Waals surface area contributed by atoms with Gasteiger partial charge < -0.3 is 20.1 Å². The molecule has 20 heavy (non-hydrogen) atoms. The molecule has 1 saturated carbocycles. The summed E-state index contributed by atoms with van der Waals surface area (Å²) >= 11 is 6.09. The Balaban J connectivity index is 1.84. The number of hydrogen-bond donors (Lipinski definition) is 1. The largest absolute Gasteiger partial charge is 0.339 e. The Bertz CT molecular complexity index is 511. The van der Waals surface area contributed by atoms with Crippen molar-refractivity contribution in [2.45, 2.75) is 24.9 Å². The molecule has 1 saturated heterocycles. The number of aromatic nitrogens is 1. The Morgan fingerprint density at radius 2 is 2.20 bits per heavy atom. The van der Waals surface area contributed by atoms with Gasteiger partial charge in [-0.1, -0.05) is 11.6 Å². The first kappa shape index (κ1) is 13.9. The van der Waals surface area contributed by atoms with Crippen LogP contribution in [0.15, 0.2) is 12.3 Å². The molecule has 0 spiro atoms. The highest BCUT2D eigenvalue weighted by Crippen LogP contribution is 2.37. The fourth-order valence-corrected chi connectivity index (χ4v) is 3.11. The molecule has 1 amide bonds. The molecule has 6 heteroatoms. The monoisotopic (exact) mass is 296 g/mol. The minimum Gasteiger partial charge on any atom is -0.339 e. The van der Waals surface area contributed by atoms with Crippen molar-refractivity contribution in [2.24, 2.45) is 5.73 Å². The molecule has 1 aliphatic heterocycles. The summed E-state index contributed by atoms with van der Waals surface area (Å²) in [6.07, 6.45) is 4.14. The van der Waals surface area contributed by atoms with Crippen LogP contribution in [0.25, 0.3) is 0 Å². The number of amides is 1. The fourth-order valence-electron chi connectivity index (χ4n) is 2.90. The maximum absolute atomic E-state index is 12.8. The molecule has 0 bridgehead atoms. The number of piperazine rings is 1. The topological polar surface area (TPSA) is 54.5 Å². The van der Waals surface area contributed by atoms with Gasteiger partial charge in [-0.3, -0.25) is 4.79 Å². The number of nitrogens with zero attached hydrogens (tertiary/aromatic N) is 3. The molecule has 1 aromatic heterocycles. The minimum atomic E-state index is 0.0624. The molecular weight excluding hydrogens is 276 g/mol. The summed E-state index contributed by atoms with van der Waals surface area (Å²) in [5.41, 5.74) is 6.54. The number of halogens is 1. The number of carbonyl (C=O) groups excluding carboxylic acids is 1. The lowest BCUT2D eigenvalue weighted by Crippen LogP contribution is -2.57. The first-order chi connectivity index (χ1) is 9.60. The molecule has 2 N–H and O–H groups in total. The second kappa shape index (κ2) is 5.39. The zero-order chi connectivity index (χ0) is 14.3. The highest BCUT2D eigenvalue weighted by Gasteiger charge is 2.33. The van der Waals surface area contributed by atoms with Crippen LogP contribution in [0.2, 0.25) is 5.02 Å². The number of likely N-dealkylation sites (N-methyl/N-ethyl adjacent to an activating group) is 1. The van der Waals surface area contributed by atoms with E-state index in [0.717, 1.165) is 32.5 Å². The molecule has 2 heterocycles. The standard InChI is InChI=1S/C14H21ClN4O/c1-17-4-5-18(12(7-16)9-17)14(20)13-6-10(15)8-19(13)11-2-3-11/h6,8,11-12H,2-5,7,9,16H2,1H3. The normalized spacial score (nSPS) is 24.1. The lowest BCUT2D eigenvalue weighted by atomic mass is 10.1. The van der Waals surface area contributed by atoms with Gasteiger partial charge in [-0.05, 0) is 26.0 Å². The number of nitrogens with two attached hydrogens (primary N) is 1. The van der Waals surface area contributed by atoms with E-state index >= 15 is 0 Å². The summed E-state index contributed by atoms with van der Waals surface area (Å²) in [7, 11) is 2.06. The molecule has 1 unspecified atom stereocenters. The lowest BCUT2D eigenvalue weighted by Gasteiger charge is -2.39. The summed E-state index contributed by atoms with van der Waals surface area (Å²) in [4.78, 5) is 16.9. The molecule has 3 rings (SSSR count). The van der Waals surface area contributed by atoms with Crippen molar-refractivity contribution in [3.05, 3.63) is 23.0 Å². The van der Waals surface area contributed by atoms with Crippen molar-refractivity contribution in [1.29, 1.82) is 0 Å². The summed E-state index contributed by atoms with van der Waals surface area (Å²) in [5, 5.41) is 0.638. The van der Waals surface area contributed by atoms with E-state index in [0.29, 0.717) is 23.3 Å². The summed E-state index contributed by atoms with van der Waals surface area (Å²) in [6.45, 7) is 2.94. The molecule has 0 aromatic carbocycles. The van der Waals surface area contributed by atoms with Crippen LogP contribution < -0.4 is 5.73 Å². The van der Waals surface area contributed by atoms with Crippen LogP contribution in [0.3, 0.4) is 0 Å². The molecule has 0 radical (unpaired) electrons. The molecule has 2 fully saturated rings. The Morgan fingerprint density at radius 1 is 1.45 bits per heavy atom. The van der Waals surface area contributed by atoms with Crippen molar-refractivity contribution in [3.63, 3.8) is 0 Å². The van der Waals surface area contributed by atoms with Crippen molar-refractivity contribution < 1.29 is 4.79 Å². The third-order valence-corrected chi connectivity index (χ3v) is 4.40. The van der Waals surface area contributed by atoms with Gasteiger partial charge in [0.05, 0.1) is 11.1 Å². The van der Waals surface area contributed by atoms with E-state index in [4.69, 9.17) is 17.3 Å².